The molecule has 1 aliphatic carbocycles. The zero-order chi connectivity index (χ0) is 17.8. The summed E-state index contributed by atoms with van der Waals surface area (Å²) >= 11 is 0. The van der Waals surface area contributed by atoms with Crippen molar-refractivity contribution in [3.05, 3.63) is 54.0 Å². The number of amides is 1. The third-order valence-corrected chi connectivity index (χ3v) is 5.08. The van der Waals surface area contributed by atoms with Crippen LogP contribution in [0.3, 0.4) is 0 Å². The molecule has 5 nitrogen and oxygen atoms in total. The molecule has 2 aromatic rings. The standard InChI is InChI=1S/C21H26N2O3/c24-21(22-17-9-10-17)19-7-1-2-8-20(19)26-15-16-5-3-11-23(13-16)14-18-6-4-12-25-18/h1-2,4,6-8,12,16-17H,3,5,9-11,13-15H2,(H,22,24). The van der Waals surface area contributed by atoms with Gasteiger partial charge in [-0.1, -0.05) is 12.1 Å². The monoisotopic (exact) mass is 354 g/mol. The Morgan fingerprint density at radius 2 is 2.08 bits per heavy atom. The zero-order valence-electron chi connectivity index (χ0n) is 15.0. The minimum absolute atomic E-state index is 0.0220. The number of carbonyl (C=O) groups is 1. The highest BCUT2D eigenvalue weighted by Gasteiger charge is 2.26. The molecular formula is C21H26N2O3. The largest absolute Gasteiger partial charge is 0.492 e. The molecule has 1 amide bonds. The van der Waals surface area contributed by atoms with Gasteiger partial charge in [0, 0.05) is 18.5 Å². The second kappa shape index (κ2) is 7.96. The van der Waals surface area contributed by atoms with Crippen LogP contribution >= 0.6 is 0 Å². The fraction of sp³-hybridized carbons (Fsp3) is 0.476. The average molecular weight is 354 g/mol. The number of likely N-dealkylation sites (tertiary alicyclic amines) is 1. The van der Waals surface area contributed by atoms with Crippen molar-refractivity contribution < 1.29 is 13.9 Å². The average Bonchev–Trinajstić information content (AvgIpc) is 3.33. The summed E-state index contributed by atoms with van der Waals surface area (Å²) in [6, 6.07) is 11.9. The highest BCUT2D eigenvalue weighted by molar-refractivity contribution is 5.97. The quantitative estimate of drug-likeness (QED) is 0.827. The van der Waals surface area contributed by atoms with Gasteiger partial charge in [-0.25, -0.2) is 0 Å². The predicted molar refractivity (Wildman–Crippen MR) is 99.1 cm³/mol. The van der Waals surface area contributed by atoms with Gasteiger partial charge in [-0.05, 0) is 56.5 Å². The fourth-order valence-electron chi connectivity index (χ4n) is 3.53. The minimum Gasteiger partial charge on any atom is -0.492 e. The Morgan fingerprint density at radius 1 is 1.19 bits per heavy atom. The smallest absolute Gasteiger partial charge is 0.255 e. The molecule has 4 rings (SSSR count). The van der Waals surface area contributed by atoms with Crippen LogP contribution in [0, 0.1) is 5.92 Å². The summed E-state index contributed by atoms with van der Waals surface area (Å²) in [5.74, 6) is 2.15. The Bertz CT molecular complexity index is 725. The molecule has 2 fully saturated rings. The summed E-state index contributed by atoms with van der Waals surface area (Å²) in [6.45, 7) is 3.58. The second-order valence-electron chi connectivity index (χ2n) is 7.38. The summed E-state index contributed by atoms with van der Waals surface area (Å²) in [5, 5.41) is 3.04. The van der Waals surface area contributed by atoms with E-state index in [1.165, 1.54) is 6.42 Å². The lowest BCUT2D eigenvalue weighted by atomic mass is 9.99. The van der Waals surface area contributed by atoms with E-state index in [9.17, 15) is 4.79 Å². The van der Waals surface area contributed by atoms with Crippen molar-refractivity contribution in [1.82, 2.24) is 10.2 Å². The molecule has 1 saturated heterocycles. The summed E-state index contributed by atoms with van der Waals surface area (Å²) in [4.78, 5) is 14.8. The number of furan rings is 1. The molecule has 2 heterocycles. The van der Waals surface area contributed by atoms with E-state index in [1.54, 1.807) is 6.26 Å². The van der Waals surface area contributed by atoms with Gasteiger partial charge < -0.3 is 14.5 Å². The van der Waals surface area contributed by atoms with E-state index >= 15 is 0 Å². The number of para-hydroxylation sites is 1. The van der Waals surface area contributed by atoms with Crippen molar-refractivity contribution in [3.63, 3.8) is 0 Å². The number of hydrogen-bond acceptors (Lipinski definition) is 4. The van der Waals surface area contributed by atoms with Crippen molar-refractivity contribution in [3.8, 4) is 5.75 Å². The molecule has 0 radical (unpaired) electrons. The van der Waals surface area contributed by atoms with Crippen LogP contribution in [0.1, 0.15) is 41.8 Å². The number of nitrogens with zero attached hydrogens (tertiary/aromatic N) is 1. The lowest BCUT2D eigenvalue weighted by Crippen LogP contribution is -2.37. The number of carbonyl (C=O) groups excluding carboxylic acids is 1. The van der Waals surface area contributed by atoms with Gasteiger partial charge in [-0.2, -0.15) is 0 Å². The van der Waals surface area contributed by atoms with Gasteiger partial charge in [-0.3, -0.25) is 9.69 Å². The van der Waals surface area contributed by atoms with Crippen LogP contribution in [0.15, 0.2) is 47.1 Å². The van der Waals surface area contributed by atoms with Crippen LogP contribution in [-0.4, -0.2) is 36.5 Å². The molecule has 1 N–H and O–H groups in total. The molecule has 1 aliphatic heterocycles. The number of rotatable bonds is 7. The van der Waals surface area contributed by atoms with Crippen LogP contribution in [0.25, 0.3) is 0 Å². The van der Waals surface area contributed by atoms with E-state index in [4.69, 9.17) is 9.15 Å². The van der Waals surface area contributed by atoms with Crippen molar-refractivity contribution in [2.24, 2.45) is 5.92 Å². The first kappa shape index (κ1) is 17.2. The normalized spacial score (nSPS) is 20.7. The Balaban J connectivity index is 1.32. The molecule has 1 saturated carbocycles. The summed E-state index contributed by atoms with van der Waals surface area (Å²) < 4.78 is 11.5. The predicted octanol–water partition coefficient (Wildman–Crippen LogP) is 3.46. The van der Waals surface area contributed by atoms with E-state index in [1.807, 2.05) is 36.4 Å². The van der Waals surface area contributed by atoms with E-state index in [-0.39, 0.29) is 5.91 Å². The van der Waals surface area contributed by atoms with Gasteiger partial charge in [0.2, 0.25) is 0 Å². The molecule has 26 heavy (non-hydrogen) atoms. The van der Waals surface area contributed by atoms with Crippen LogP contribution in [0.5, 0.6) is 5.75 Å². The van der Waals surface area contributed by atoms with Crippen LogP contribution in [0.4, 0.5) is 0 Å². The Kier molecular flexibility index (Phi) is 5.25. The topological polar surface area (TPSA) is 54.7 Å². The van der Waals surface area contributed by atoms with Crippen LogP contribution in [0.2, 0.25) is 0 Å². The molecule has 138 valence electrons. The molecule has 1 atom stereocenters. The van der Waals surface area contributed by atoms with Crippen LogP contribution in [-0.2, 0) is 6.54 Å². The molecule has 2 aliphatic rings. The number of hydrogen-bond donors (Lipinski definition) is 1. The highest BCUT2D eigenvalue weighted by Crippen LogP contribution is 2.25. The maximum atomic E-state index is 12.4. The number of piperidine rings is 1. The van der Waals surface area contributed by atoms with Gasteiger partial charge in [-0.15, -0.1) is 0 Å². The molecular weight excluding hydrogens is 328 g/mol. The fourth-order valence-corrected chi connectivity index (χ4v) is 3.53. The zero-order valence-corrected chi connectivity index (χ0v) is 15.0. The lowest BCUT2D eigenvalue weighted by Gasteiger charge is -2.32. The van der Waals surface area contributed by atoms with Crippen molar-refractivity contribution >= 4 is 5.91 Å². The van der Waals surface area contributed by atoms with E-state index in [0.29, 0.717) is 29.9 Å². The molecule has 0 spiro atoms. The summed E-state index contributed by atoms with van der Waals surface area (Å²) in [5.41, 5.74) is 0.641. The first-order chi connectivity index (χ1) is 12.8. The van der Waals surface area contributed by atoms with Gasteiger partial charge >= 0.3 is 0 Å². The van der Waals surface area contributed by atoms with E-state index in [2.05, 4.69) is 10.2 Å². The lowest BCUT2D eigenvalue weighted by molar-refractivity contribution is 0.0939. The Morgan fingerprint density at radius 3 is 2.88 bits per heavy atom. The molecule has 1 unspecified atom stereocenters. The van der Waals surface area contributed by atoms with Crippen LogP contribution < -0.4 is 10.1 Å². The first-order valence-electron chi connectivity index (χ1n) is 9.55. The van der Waals surface area contributed by atoms with Gasteiger partial charge in [0.25, 0.3) is 5.91 Å². The third kappa shape index (κ3) is 4.47. The van der Waals surface area contributed by atoms with Crippen molar-refractivity contribution in [1.29, 1.82) is 0 Å². The van der Waals surface area contributed by atoms with E-state index < -0.39 is 0 Å². The second-order valence-corrected chi connectivity index (χ2v) is 7.38. The van der Waals surface area contributed by atoms with E-state index in [0.717, 1.165) is 44.7 Å². The van der Waals surface area contributed by atoms with Gasteiger partial charge in [0.05, 0.1) is 25.0 Å². The third-order valence-electron chi connectivity index (χ3n) is 5.08. The number of benzene rings is 1. The summed E-state index contributed by atoms with van der Waals surface area (Å²) in [6.07, 6.45) is 6.22. The molecule has 5 heteroatoms. The molecule has 0 bridgehead atoms. The first-order valence-corrected chi connectivity index (χ1v) is 9.55. The van der Waals surface area contributed by atoms with Gasteiger partial charge in [0.15, 0.2) is 0 Å². The molecule has 1 aromatic heterocycles. The Labute approximate surface area is 154 Å². The number of ether oxygens (including phenoxy) is 1. The molecule has 1 aromatic carbocycles. The Hall–Kier alpha value is -2.27. The number of nitrogens with one attached hydrogen (secondary N) is 1. The van der Waals surface area contributed by atoms with Crippen molar-refractivity contribution in [2.75, 3.05) is 19.7 Å². The minimum atomic E-state index is -0.0220. The van der Waals surface area contributed by atoms with Crippen molar-refractivity contribution in [2.45, 2.75) is 38.3 Å². The highest BCUT2D eigenvalue weighted by atomic mass is 16.5. The maximum Gasteiger partial charge on any atom is 0.255 e. The SMILES string of the molecule is O=C(NC1CC1)c1ccccc1OCC1CCCN(Cc2ccco2)C1. The van der Waals surface area contributed by atoms with Gasteiger partial charge in [0.1, 0.15) is 11.5 Å². The summed E-state index contributed by atoms with van der Waals surface area (Å²) in [7, 11) is 0. The maximum absolute atomic E-state index is 12.4.